The summed E-state index contributed by atoms with van der Waals surface area (Å²) in [6, 6.07) is 0. The van der Waals surface area contributed by atoms with Gasteiger partial charge in [0.1, 0.15) is 0 Å². The van der Waals surface area contributed by atoms with Crippen molar-refractivity contribution in [2.24, 2.45) is 0 Å². The van der Waals surface area contributed by atoms with E-state index in [4.69, 9.17) is 10.6 Å². The number of aliphatic hydroxyl groups excluding tert-OH is 1. The first kappa shape index (κ1) is 14.0. The Labute approximate surface area is 137 Å². The first-order valence-corrected chi connectivity index (χ1v) is 8.64. The van der Waals surface area contributed by atoms with Crippen molar-refractivity contribution in [2.75, 3.05) is 13.2 Å². The Hall–Kier alpha value is -0.570. The fourth-order valence-corrected chi connectivity index (χ4v) is 2.13. The van der Waals surface area contributed by atoms with Crippen LogP contribution in [0.2, 0.25) is 0 Å². The Bertz CT molecular complexity index is 352. The Morgan fingerprint density at radius 1 is 0.905 bits per heavy atom. The predicted molar refractivity (Wildman–Crippen MR) is 90.4 cm³/mol. The highest BCUT2D eigenvalue weighted by molar-refractivity contribution is 5.75. The lowest BCUT2D eigenvalue weighted by Gasteiger charge is -2.04. The first-order valence-electron chi connectivity index (χ1n) is 10.6. The molecule has 0 spiro atoms. The van der Waals surface area contributed by atoms with Gasteiger partial charge < -0.3 is 10.4 Å². The Morgan fingerprint density at radius 2 is 1.43 bits per heavy atom. The van der Waals surface area contributed by atoms with Crippen LogP contribution >= 0.6 is 0 Å². The molecule has 2 N–H and O–H groups in total. The number of unbranched alkanes of at least 4 members (excludes halogenated alkanes) is 7. The van der Waals surface area contributed by atoms with Crippen molar-refractivity contribution < 1.29 is 15.4 Å². The summed E-state index contributed by atoms with van der Waals surface area (Å²) in [7, 11) is 0. The van der Waals surface area contributed by atoms with E-state index in [2.05, 4.69) is 12.2 Å². The average molecular weight is 304 g/mol. The number of hydrogen-bond acceptors (Lipinski definition) is 2. The van der Waals surface area contributed by atoms with Crippen LogP contribution in [0.25, 0.3) is 0 Å². The van der Waals surface area contributed by atoms with E-state index in [1.807, 2.05) is 0 Å². The third-order valence-electron chi connectivity index (χ3n) is 3.42. The first-order chi connectivity index (χ1) is 11.8. The van der Waals surface area contributed by atoms with E-state index < -0.39 is 12.7 Å². The van der Waals surface area contributed by atoms with E-state index >= 15 is 0 Å². The van der Waals surface area contributed by atoms with Crippen LogP contribution in [-0.4, -0.2) is 24.2 Å². The van der Waals surface area contributed by atoms with Gasteiger partial charge in [0.15, 0.2) is 0 Å². The van der Waals surface area contributed by atoms with E-state index in [-0.39, 0.29) is 31.9 Å². The number of carbonyl (C=O) groups is 1. The minimum absolute atomic E-state index is 0.0698. The second-order valence-electron chi connectivity index (χ2n) is 5.51. The second kappa shape index (κ2) is 17.5. The molecular weight excluding hydrogens is 262 g/mol. The molecule has 21 heavy (non-hydrogen) atoms. The highest BCUT2D eigenvalue weighted by Gasteiger charge is 1.99. The van der Waals surface area contributed by atoms with Gasteiger partial charge in [-0.3, -0.25) is 4.79 Å². The zero-order valence-corrected chi connectivity index (χ0v) is 13.8. The van der Waals surface area contributed by atoms with Crippen LogP contribution in [0.1, 0.15) is 102 Å². The maximum atomic E-state index is 11.4. The van der Waals surface area contributed by atoms with Gasteiger partial charge in [-0.15, -0.1) is 0 Å². The van der Waals surface area contributed by atoms with Gasteiger partial charge >= 0.3 is 0 Å². The van der Waals surface area contributed by atoms with Crippen LogP contribution in [0.15, 0.2) is 0 Å². The third kappa shape index (κ3) is 17.4. The van der Waals surface area contributed by atoms with Gasteiger partial charge in [-0.2, -0.15) is 0 Å². The van der Waals surface area contributed by atoms with Crippen molar-refractivity contribution in [3.8, 4) is 0 Å². The molecule has 0 aromatic rings. The third-order valence-corrected chi connectivity index (χ3v) is 3.42. The molecule has 0 aromatic carbocycles. The smallest absolute Gasteiger partial charge is 0.220 e. The molecule has 0 fully saturated rings. The molecule has 3 heteroatoms. The molecule has 126 valence electrons. The van der Waals surface area contributed by atoms with E-state index in [0.29, 0.717) is 25.7 Å². The maximum absolute atomic E-state index is 11.4. The molecule has 0 aliphatic heterocycles. The molecule has 0 aliphatic carbocycles. The fourth-order valence-electron chi connectivity index (χ4n) is 2.13. The molecule has 0 bridgehead atoms. The van der Waals surface area contributed by atoms with Gasteiger partial charge in [0, 0.05) is 18.4 Å². The zero-order chi connectivity index (χ0) is 19.2. The van der Waals surface area contributed by atoms with Gasteiger partial charge in [0.05, 0.1) is 6.61 Å². The number of amides is 1. The molecule has 0 unspecified atom stereocenters. The summed E-state index contributed by atoms with van der Waals surface area (Å²) in [6.45, 7) is 2.36. The highest BCUT2D eigenvalue weighted by atomic mass is 16.3. The standard InChI is InChI=1S/C18H37NO2/c1-2-3-4-5-6-7-8-9-10-11-12-13-14-15-18(21)19-16-17-20/h20H,2-17H2,1H3,(H,19,21)/i9D2,10D2. The lowest BCUT2D eigenvalue weighted by molar-refractivity contribution is -0.121. The second-order valence-corrected chi connectivity index (χ2v) is 5.51. The topological polar surface area (TPSA) is 49.3 Å². The van der Waals surface area contributed by atoms with Gasteiger partial charge in [-0.05, 0) is 6.42 Å². The summed E-state index contributed by atoms with van der Waals surface area (Å²) in [5.74, 6) is -0.101. The lowest BCUT2D eigenvalue weighted by Crippen LogP contribution is -2.25. The Morgan fingerprint density at radius 3 is 2.00 bits per heavy atom. The van der Waals surface area contributed by atoms with E-state index in [1.54, 1.807) is 0 Å². The van der Waals surface area contributed by atoms with Crippen molar-refractivity contribution in [1.82, 2.24) is 5.32 Å². The molecule has 0 saturated heterocycles. The zero-order valence-electron chi connectivity index (χ0n) is 17.8. The summed E-state index contributed by atoms with van der Waals surface area (Å²) in [4.78, 5) is 11.4. The maximum Gasteiger partial charge on any atom is 0.220 e. The van der Waals surface area contributed by atoms with Crippen molar-refractivity contribution in [2.45, 2.75) is 96.7 Å². The lowest BCUT2D eigenvalue weighted by atomic mass is 10.0. The van der Waals surface area contributed by atoms with Crippen LogP contribution in [-0.2, 0) is 4.79 Å². The van der Waals surface area contributed by atoms with Crippen molar-refractivity contribution >= 4 is 5.91 Å². The molecule has 0 saturated carbocycles. The SMILES string of the molecule is [2H]C([2H])(CCCCCCCC)C([2H])([2H])CCCCCC(=O)NCCO. The summed E-state index contributed by atoms with van der Waals surface area (Å²) in [5, 5.41) is 11.2. The van der Waals surface area contributed by atoms with E-state index in [1.165, 1.54) is 19.3 Å². The van der Waals surface area contributed by atoms with Crippen LogP contribution in [0.3, 0.4) is 0 Å². The average Bonchev–Trinajstić information content (AvgIpc) is 2.55. The summed E-state index contributed by atoms with van der Waals surface area (Å²) in [6.07, 6.45) is 5.55. The number of hydrogen-bond donors (Lipinski definition) is 2. The van der Waals surface area contributed by atoms with E-state index in [9.17, 15) is 4.79 Å². The Balaban J connectivity index is 3.92. The van der Waals surface area contributed by atoms with Crippen LogP contribution in [0.4, 0.5) is 0 Å². The minimum Gasteiger partial charge on any atom is -0.395 e. The predicted octanol–water partition coefficient (Wildman–Crippen LogP) is 4.58. The monoisotopic (exact) mass is 303 g/mol. The van der Waals surface area contributed by atoms with Gasteiger partial charge in [-0.1, -0.05) is 83.9 Å². The molecule has 0 heterocycles. The molecular formula is C18H37NO2. The molecule has 0 aliphatic rings. The van der Waals surface area contributed by atoms with Crippen molar-refractivity contribution in [3.05, 3.63) is 0 Å². The van der Waals surface area contributed by atoms with Crippen molar-refractivity contribution in [3.63, 3.8) is 0 Å². The molecule has 0 rings (SSSR count). The number of carbonyl (C=O) groups excluding carboxylic acids is 1. The normalized spacial score (nSPS) is 15.0. The summed E-state index contributed by atoms with van der Waals surface area (Å²) >= 11 is 0. The van der Waals surface area contributed by atoms with Crippen LogP contribution < -0.4 is 5.32 Å². The fraction of sp³-hybridized carbons (Fsp3) is 0.944. The molecule has 0 atom stereocenters. The molecule has 0 radical (unpaired) electrons. The molecule has 1 amide bonds. The van der Waals surface area contributed by atoms with Crippen LogP contribution in [0.5, 0.6) is 0 Å². The largest absolute Gasteiger partial charge is 0.395 e. The summed E-state index contributed by atoms with van der Waals surface area (Å²) in [5.41, 5.74) is 0. The van der Waals surface area contributed by atoms with E-state index in [0.717, 1.165) is 19.3 Å². The molecule has 3 nitrogen and oxygen atoms in total. The molecule has 0 aromatic heterocycles. The quantitative estimate of drug-likeness (QED) is 0.410. The summed E-state index contributed by atoms with van der Waals surface area (Å²) < 4.78 is 32.3. The number of nitrogens with one attached hydrogen (secondary N) is 1. The van der Waals surface area contributed by atoms with Crippen molar-refractivity contribution in [1.29, 1.82) is 0 Å². The van der Waals surface area contributed by atoms with Crippen LogP contribution in [0, 0.1) is 0 Å². The number of rotatable bonds is 16. The minimum atomic E-state index is -1.82. The number of aliphatic hydroxyl groups is 1. The van der Waals surface area contributed by atoms with Gasteiger partial charge in [0.2, 0.25) is 5.91 Å². The highest BCUT2D eigenvalue weighted by Crippen LogP contribution is 2.12. The van der Waals surface area contributed by atoms with Gasteiger partial charge in [-0.25, -0.2) is 0 Å². The Kier molecular flexibility index (Phi) is 11.7. The van der Waals surface area contributed by atoms with Gasteiger partial charge in [0.25, 0.3) is 0 Å².